The highest BCUT2D eigenvalue weighted by Gasteiger charge is 2.29. The Bertz CT molecular complexity index is 543. The van der Waals surface area contributed by atoms with E-state index in [1.807, 2.05) is 13.8 Å². The van der Waals surface area contributed by atoms with Crippen LogP contribution in [0.25, 0.3) is 0 Å². The van der Waals surface area contributed by atoms with E-state index in [9.17, 15) is 8.42 Å². The Morgan fingerprint density at radius 3 is 2.53 bits per heavy atom. The Morgan fingerprint density at radius 2 is 2.05 bits per heavy atom. The predicted molar refractivity (Wildman–Crippen MR) is 76.3 cm³/mol. The molecule has 1 unspecified atom stereocenters. The first-order chi connectivity index (χ1) is 8.74. The van der Waals surface area contributed by atoms with Crippen LogP contribution in [0.15, 0.2) is 23.1 Å². The van der Waals surface area contributed by atoms with Crippen LogP contribution in [0.5, 0.6) is 0 Å². The lowest BCUT2D eigenvalue weighted by atomic mass is 9.97. The van der Waals surface area contributed by atoms with E-state index >= 15 is 0 Å². The number of hydrogen-bond donors (Lipinski definition) is 3. The van der Waals surface area contributed by atoms with E-state index in [4.69, 9.17) is 10.8 Å². The van der Waals surface area contributed by atoms with Crippen molar-refractivity contribution < 1.29 is 13.5 Å². The van der Waals surface area contributed by atoms with Crippen LogP contribution in [0.1, 0.15) is 32.3 Å². The zero-order valence-corrected chi connectivity index (χ0v) is 12.4. The average Bonchev–Trinajstić information content (AvgIpc) is 2.27. The van der Waals surface area contributed by atoms with Gasteiger partial charge in [-0.15, -0.1) is 0 Å². The molecule has 0 aliphatic carbocycles. The normalized spacial score (nSPS) is 15.2. The number of hydrogen-bond acceptors (Lipinski definition) is 4. The van der Waals surface area contributed by atoms with E-state index in [2.05, 4.69) is 4.72 Å². The van der Waals surface area contributed by atoms with Gasteiger partial charge in [-0.2, -0.15) is 0 Å². The van der Waals surface area contributed by atoms with Crippen molar-refractivity contribution in [3.05, 3.63) is 23.8 Å². The molecule has 1 rings (SSSR count). The van der Waals surface area contributed by atoms with Crippen molar-refractivity contribution in [1.82, 2.24) is 4.72 Å². The van der Waals surface area contributed by atoms with Gasteiger partial charge in [0.1, 0.15) is 4.90 Å². The van der Waals surface area contributed by atoms with Gasteiger partial charge in [-0.05, 0) is 44.4 Å². The molecule has 0 aromatic heterocycles. The van der Waals surface area contributed by atoms with Gasteiger partial charge in [-0.3, -0.25) is 0 Å². The predicted octanol–water partition coefficient (Wildman–Crippen LogP) is 1.41. The van der Waals surface area contributed by atoms with Gasteiger partial charge in [0, 0.05) is 12.1 Å². The summed E-state index contributed by atoms with van der Waals surface area (Å²) in [7, 11) is -3.69. The molecule has 0 fully saturated rings. The quantitative estimate of drug-likeness (QED) is 0.689. The van der Waals surface area contributed by atoms with Crippen LogP contribution in [-0.2, 0) is 10.0 Å². The summed E-state index contributed by atoms with van der Waals surface area (Å²) >= 11 is 0. The first-order valence-electron chi connectivity index (χ1n) is 6.25. The van der Waals surface area contributed by atoms with Crippen molar-refractivity contribution in [2.75, 3.05) is 12.3 Å². The lowest BCUT2D eigenvalue weighted by molar-refractivity contribution is 0.233. The maximum absolute atomic E-state index is 12.3. The van der Waals surface area contributed by atoms with Crippen molar-refractivity contribution >= 4 is 15.7 Å². The Hall–Kier alpha value is -1.11. The number of sulfonamides is 1. The third kappa shape index (κ3) is 3.92. The summed E-state index contributed by atoms with van der Waals surface area (Å²) in [5.41, 5.74) is 6.24. The summed E-state index contributed by atoms with van der Waals surface area (Å²) < 4.78 is 27.3. The molecule has 1 aromatic rings. The molecular formula is C13H22N2O3S. The molecule has 1 aromatic carbocycles. The number of aryl methyl sites for hydroxylation is 1. The number of aliphatic hydroxyl groups excluding tert-OH is 1. The van der Waals surface area contributed by atoms with Crippen LogP contribution < -0.4 is 10.5 Å². The molecule has 0 bridgehead atoms. The molecule has 0 amide bonds. The lowest BCUT2D eigenvalue weighted by Gasteiger charge is -2.28. The molecule has 0 aliphatic rings. The topological polar surface area (TPSA) is 92.4 Å². The van der Waals surface area contributed by atoms with Crippen LogP contribution >= 0.6 is 0 Å². The van der Waals surface area contributed by atoms with Gasteiger partial charge < -0.3 is 10.8 Å². The number of nitrogen functional groups attached to an aromatic ring is 1. The number of nitrogens with two attached hydrogens (primary N) is 1. The van der Waals surface area contributed by atoms with Crippen molar-refractivity contribution in [1.29, 1.82) is 0 Å². The summed E-state index contributed by atoms with van der Waals surface area (Å²) in [6.07, 6.45) is 0.938. The van der Waals surface area contributed by atoms with Crippen molar-refractivity contribution in [3.63, 3.8) is 0 Å². The molecule has 0 aliphatic heterocycles. The lowest BCUT2D eigenvalue weighted by Crippen LogP contribution is -2.46. The van der Waals surface area contributed by atoms with Crippen molar-refractivity contribution in [3.8, 4) is 0 Å². The van der Waals surface area contributed by atoms with Crippen molar-refractivity contribution in [2.24, 2.45) is 0 Å². The zero-order chi connectivity index (χ0) is 14.7. The second-order valence-corrected chi connectivity index (χ2v) is 6.69. The van der Waals surface area contributed by atoms with Crippen LogP contribution in [0.2, 0.25) is 0 Å². The van der Waals surface area contributed by atoms with E-state index in [-0.39, 0.29) is 17.2 Å². The highest BCUT2D eigenvalue weighted by Crippen LogP contribution is 2.23. The van der Waals surface area contributed by atoms with Crippen LogP contribution in [0.4, 0.5) is 5.69 Å². The highest BCUT2D eigenvalue weighted by molar-refractivity contribution is 7.89. The number of rotatable bonds is 6. The fourth-order valence-corrected chi connectivity index (χ4v) is 3.46. The molecule has 1 atom stereocenters. The maximum Gasteiger partial charge on any atom is 0.243 e. The number of benzene rings is 1. The molecular weight excluding hydrogens is 264 g/mol. The smallest absolute Gasteiger partial charge is 0.243 e. The molecule has 0 spiro atoms. The highest BCUT2D eigenvalue weighted by atomic mass is 32.2. The van der Waals surface area contributed by atoms with Gasteiger partial charge in [0.2, 0.25) is 10.0 Å². The number of nitrogens with one attached hydrogen (secondary N) is 1. The van der Waals surface area contributed by atoms with Crippen LogP contribution in [-0.4, -0.2) is 25.7 Å². The Morgan fingerprint density at radius 1 is 1.42 bits per heavy atom. The maximum atomic E-state index is 12.3. The zero-order valence-electron chi connectivity index (χ0n) is 11.6. The third-order valence-corrected chi connectivity index (χ3v) is 4.99. The molecule has 4 N–H and O–H groups in total. The van der Waals surface area contributed by atoms with E-state index in [0.29, 0.717) is 12.8 Å². The standard InChI is InChI=1S/C13H22N2O3S/c1-4-13(3,7-8-16)15-19(17,18)12-6-5-10(2)9-11(12)14/h5-6,9,15-16H,4,7-8,14H2,1-3H3. The first-order valence-corrected chi connectivity index (χ1v) is 7.73. The summed E-state index contributed by atoms with van der Waals surface area (Å²) in [5.74, 6) is 0. The summed E-state index contributed by atoms with van der Waals surface area (Å²) in [4.78, 5) is 0.0794. The number of aliphatic hydroxyl groups is 1. The Labute approximate surface area is 114 Å². The van der Waals surface area contributed by atoms with E-state index in [1.165, 1.54) is 6.07 Å². The van der Waals surface area contributed by atoms with Gasteiger partial charge in [-0.1, -0.05) is 13.0 Å². The molecule has 0 heterocycles. The van der Waals surface area contributed by atoms with Gasteiger partial charge in [0.15, 0.2) is 0 Å². The minimum Gasteiger partial charge on any atom is -0.398 e. The Balaban J connectivity index is 3.10. The molecule has 0 radical (unpaired) electrons. The summed E-state index contributed by atoms with van der Waals surface area (Å²) in [6, 6.07) is 4.84. The Kier molecular flexibility index (Phi) is 4.95. The van der Waals surface area contributed by atoms with E-state index < -0.39 is 15.6 Å². The summed E-state index contributed by atoms with van der Waals surface area (Å²) in [5, 5.41) is 9.03. The number of anilines is 1. The summed E-state index contributed by atoms with van der Waals surface area (Å²) in [6.45, 7) is 5.42. The molecule has 19 heavy (non-hydrogen) atoms. The molecule has 108 valence electrons. The van der Waals surface area contributed by atoms with Crippen LogP contribution in [0.3, 0.4) is 0 Å². The SMILES string of the molecule is CCC(C)(CCO)NS(=O)(=O)c1ccc(C)cc1N. The van der Waals surface area contributed by atoms with Crippen molar-refractivity contribution in [2.45, 2.75) is 44.0 Å². The molecule has 6 heteroatoms. The second kappa shape index (κ2) is 5.90. The van der Waals surface area contributed by atoms with Gasteiger partial charge >= 0.3 is 0 Å². The molecule has 5 nitrogen and oxygen atoms in total. The minimum atomic E-state index is -3.69. The second-order valence-electron chi connectivity index (χ2n) is 5.03. The van der Waals surface area contributed by atoms with Gasteiger partial charge in [0.05, 0.1) is 5.69 Å². The van der Waals surface area contributed by atoms with Gasteiger partial charge in [0.25, 0.3) is 0 Å². The van der Waals surface area contributed by atoms with Gasteiger partial charge in [-0.25, -0.2) is 13.1 Å². The van der Waals surface area contributed by atoms with E-state index in [1.54, 1.807) is 19.1 Å². The molecule has 0 saturated carbocycles. The average molecular weight is 286 g/mol. The fraction of sp³-hybridized carbons (Fsp3) is 0.538. The largest absolute Gasteiger partial charge is 0.398 e. The van der Waals surface area contributed by atoms with E-state index in [0.717, 1.165) is 5.56 Å². The fourth-order valence-electron chi connectivity index (χ4n) is 1.84. The minimum absolute atomic E-state index is 0.0732. The molecule has 0 saturated heterocycles. The first kappa shape index (κ1) is 15.9. The monoisotopic (exact) mass is 286 g/mol. The van der Waals surface area contributed by atoms with Crippen LogP contribution in [0, 0.1) is 6.92 Å². The third-order valence-electron chi connectivity index (χ3n) is 3.28.